The van der Waals surface area contributed by atoms with Crippen molar-refractivity contribution in [2.24, 2.45) is 0 Å². The molecule has 0 spiro atoms. The minimum atomic E-state index is -0.0881. The van der Waals surface area contributed by atoms with E-state index in [1.54, 1.807) is 6.07 Å². The Kier molecular flexibility index (Phi) is 5.16. The zero-order valence-electron chi connectivity index (χ0n) is 13.5. The molecule has 2 aromatic carbocycles. The van der Waals surface area contributed by atoms with Crippen molar-refractivity contribution in [2.75, 3.05) is 0 Å². The van der Waals surface area contributed by atoms with E-state index in [4.69, 9.17) is 0 Å². The van der Waals surface area contributed by atoms with Gasteiger partial charge in [0.1, 0.15) is 5.82 Å². The van der Waals surface area contributed by atoms with Gasteiger partial charge in [-0.05, 0) is 25.0 Å². The number of aromatic amines is 1. The first-order valence-corrected chi connectivity index (χ1v) is 8.30. The predicted octanol–water partition coefficient (Wildman–Crippen LogP) is 3.91. The molecule has 24 heavy (non-hydrogen) atoms. The summed E-state index contributed by atoms with van der Waals surface area (Å²) in [5, 5.41) is 0.620. The molecule has 122 valence electrons. The first-order chi connectivity index (χ1) is 11.7. The number of carbonyl (C=O) groups excluding carboxylic acids is 1. The van der Waals surface area contributed by atoms with E-state index in [9.17, 15) is 9.59 Å². The van der Waals surface area contributed by atoms with Crippen LogP contribution in [0.3, 0.4) is 0 Å². The highest BCUT2D eigenvalue weighted by molar-refractivity contribution is 5.95. The van der Waals surface area contributed by atoms with Gasteiger partial charge in [-0.15, -0.1) is 0 Å². The van der Waals surface area contributed by atoms with Crippen LogP contribution in [-0.4, -0.2) is 15.8 Å². The van der Waals surface area contributed by atoms with Crippen LogP contribution in [0.25, 0.3) is 10.9 Å². The van der Waals surface area contributed by atoms with Gasteiger partial charge in [0.2, 0.25) is 0 Å². The summed E-state index contributed by atoms with van der Waals surface area (Å²) in [4.78, 5) is 31.3. The SMILES string of the molecule is O=C(CCCCCc1nc2ccccc2c(=O)[nH]1)c1ccccc1. The van der Waals surface area contributed by atoms with Crippen molar-refractivity contribution < 1.29 is 4.79 Å². The molecule has 1 aromatic heterocycles. The van der Waals surface area contributed by atoms with Crippen LogP contribution < -0.4 is 5.56 Å². The third kappa shape index (κ3) is 3.96. The van der Waals surface area contributed by atoms with Crippen molar-refractivity contribution in [1.82, 2.24) is 9.97 Å². The summed E-state index contributed by atoms with van der Waals surface area (Å²) in [6, 6.07) is 16.7. The van der Waals surface area contributed by atoms with Crippen LogP contribution in [0.15, 0.2) is 59.4 Å². The first kappa shape index (κ1) is 16.1. The van der Waals surface area contributed by atoms with E-state index in [1.165, 1.54) is 0 Å². The molecule has 0 aliphatic rings. The third-order valence-corrected chi connectivity index (χ3v) is 4.08. The summed E-state index contributed by atoms with van der Waals surface area (Å²) in [7, 11) is 0. The van der Waals surface area contributed by atoms with Crippen molar-refractivity contribution in [1.29, 1.82) is 0 Å². The normalized spacial score (nSPS) is 10.8. The number of H-pyrrole nitrogens is 1. The van der Waals surface area contributed by atoms with Crippen LogP contribution >= 0.6 is 0 Å². The largest absolute Gasteiger partial charge is 0.310 e. The highest BCUT2D eigenvalue weighted by Gasteiger charge is 2.06. The number of benzene rings is 2. The number of aromatic nitrogens is 2. The Balaban J connectivity index is 1.49. The van der Waals surface area contributed by atoms with Gasteiger partial charge in [-0.3, -0.25) is 9.59 Å². The molecule has 4 heteroatoms. The van der Waals surface area contributed by atoms with Gasteiger partial charge in [0.15, 0.2) is 5.78 Å². The monoisotopic (exact) mass is 320 g/mol. The van der Waals surface area contributed by atoms with Crippen LogP contribution in [0.2, 0.25) is 0 Å². The minimum Gasteiger partial charge on any atom is -0.310 e. The Morgan fingerprint density at radius 3 is 2.50 bits per heavy atom. The zero-order valence-corrected chi connectivity index (χ0v) is 13.5. The number of ketones is 1. The number of aryl methyl sites for hydroxylation is 1. The molecule has 0 fully saturated rings. The molecule has 4 nitrogen and oxygen atoms in total. The zero-order chi connectivity index (χ0) is 16.8. The van der Waals surface area contributed by atoms with Crippen molar-refractivity contribution in [3.63, 3.8) is 0 Å². The quantitative estimate of drug-likeness (QED) is 0.530. The second kappa shape index (κ2) is 7.68. The van der Waals surface area contributed by atoms with Gasteiger partial charge in [0, 0.05) is 18.4 Å². The van der Waals surface area contributed by atoms with Crippen molar-refractivity contribution in [3.8, 4) is 0 Å². The van der Waals surface area contributed by atoms with Crippen LogP contribution in [-0.2, 0) is 6.42 Å². The number of Topliss-reactive ketones (excluding diaryl/α,β-unsaturated/α-hetero) is 1. The molecular formula is C20H20N2O2. The van der Waals surface area contributed by atoms with Gasteiger partial charge in [-0.2, -0.15) is 0 Å². The van der Waals surface area contributed by atoms with Gasteiger partial charge < -0.3 is 4.98 Å². The van der Waals surface area contributed by atoms with E-state index < -0.39 is 0 Å². The van der Waals surface area contributed by atoms with Gasteiger partial charge >= 0.3 is 0 Å². The molecule has 0 unspecified atom stereocenters. The Morgan fingerprint density at radius 2 is 1.67 bits per heavy atom. The smallest absolute Gasteiger partial charge is 0.258 e. The third-order valence-electron chi connectivity index (χ3n) is 4.08. The molecule has 0 atom stereocenters. The number of hydrogen-bond acceptors (Lipinski definition) is 3. The molecule has 0 radical (unpaired) electrons. The van der Waals surface area contributed by atoms with E-state index in [2.05, 4.69) is 9.97 Å². The number of nitrogens with one attached hydrogen (secondary N) is 1. The van der Waals surface area contributed by atoms with E-state index in [0.29, 0.717) is 17.6 Å². The van der Waals surface area contributed by atoms with Gasteiger partial charge in [0.25, 0.3) is 5.56 Å². The Hall–Kier alpha value is -2.75. The highest BCUT2D eigenvalue weighted by atomic mass is 16.1. The van der Waals surface area contributed by atoms with Crippen LogP contribution in [0, 0.1) is 0 Å². The van der Waals surface area contributed by atoms with E-state index >= 15 is 0 Å². The maximum absolute atomic E-state index is 12.0. The van der Waals surface area contributed by atoms with Crippen molar-refractivity contribution in [3.05, 3.63) is 76.3 Å². The van der Waals surface area contributed by atoms with Crippen LogP contribution in [0.4, 0.5) is 0 Å². The summed E-state index contributed by atoms with van der Waals surface area (Å²) in [6.45, 7) is 0. The summed E-state index contributed by atoms with van der Waals surface area (Å²) >= 11 is 0. The lowest BCUT2D eigenvalue weighted by Crippen LogP contribution is -2.11. The molecule has 1 N–H and O–H groups in total. The summed E-state index contributed by atoms with van der Waals surface area (Å²) in [6.07, 6.45) is 3.98. The second-order valence-corrected chi connectivity index (χ2v) is 5.88. The van der Waals surface area contributed by atoms with Crippen LogP contribution in [0.5, 0.6) is 0 Å². The highest BCUT2D eigenvalue weighted by Crippen LogP contribution is 2.11. The molecule has 0 saturated carbocycles. The lowest BCUT2D eigenvalue weighted by Gasteiger charge is -2.04. The van der Waals surface area contributed by atoms with Crippen molar-refractivity contribution in [2.45, 2.75) is 32.1 Å². The maximum atomic E-state index is 12.0. The fraction of sp³-hybridized carbons (Fsp3) is 0.250. The molecule has 1 heterocycles. The molecule has 3 rings (SSSR count). The van der Waals surface area contributed by atoms with Gasteiger partial charge in [-0.1, -0.05) is 48.9 Å². The van der Waals surface area contributed by atoms with E-state index in [-0.39, 0.29) is 11.3 Å². The van der Waals surface area contributed by atoms with Gasteiger partial charge in [0.05, 0.1) is 10.9 Å². The lowest BCUT2D eigenvalue weighted by molar-refractivity contribution is 0.0979. The number of rotatable bonds is 7. The van der Waals surface area contributed by atoms with Crippen molar-refractivity contribution >= 4 is 16.7 Å². The molecule has 0 amide bonds. The lowest BCUT2D eigenvalue weighted by atomic mass is 10.0. The molecule has 0 bridgehead atoms. The fourth-order valence-electron chi connectivity index (χ4n) is 2.78. The minimum absolute atomic E-state index is 0.0881. The standard InChI is InChI=1S/C20H20N2O2/c23-18(15-9-3-1-4-10-15)13-5-2-6-14-19-21-17-12-8-7-11-16(17)20(24)22-19/h1,3-4,7-12H,2,5-6,13-14H2,(H,21,22,24). The number of hydrogen-bond donors (Lipinski definition) is 1. The fourth-order valence-corrected chi connectivity index (χ4v) is 2.78. The first-order valence-electron chi connectivity index (χ1n) is 8.30. The molecule has 0 aliphatic carbocycles. The Labute approximate surface area is 140 Å². The molecule has 0 aliphatic heterocycles. The summed E-state index contributed by atoms with van der Waals surface area (Å²) < 4.78 is 0. The second-order valence-electron chi connectivity index (χ2n) is 5.88. The number of carbonyl (C=O) groups is 1. The summed E-state index contributed by atoms with van der Waals surface area (Å²) in [5.41, 5.74) is 1.42. The molecule has 3 aromatic rings. The number of para-hydroxylation sites is 1. The average molecular weight is 320 g/mol. The Bertz CT molecular complexity index is 885. The maximum Gasteiger partial charge on any atom is 0.258 e. The predicted molar refractivity (Wildman–Crippen MR) is 95.3 cm³/mol. The Morgan fingerprint density at radius 1 is 0.917 bits per heavy atom. The summed E-state index contributed by atoms with van der Waals surface area (Å²) in [5.74, 6) is 0.904. The van der Waals surface area contributed by atoms with Crippen LogP contribution in [0.1, 0.15) is 41.9 Å². The topological polar surface area (TPSA) is 62.8 Å². The van der Waals surface area contributed by atoms with Gasteiger partial charge in [-0.25, -0.2) is 4.98 Å². The van der Waals surface area contributed by atoms with E-state index in [1.807, 2.05) is 48.5 Å². The number of nitrogens with zero attached hydrogens (tertiary/aromatic N) is 1. The number of fused-ring (bicyclic) bond motifs is 1. The number of unbranched alkanes of at least 4 members (excludes halogenated alkanes) is 2. The molecular weight excluding hydrogens is 300 g/mol. The molecule has 0 saturated heterocycles. The average Bonchev–Trinajstić information content (AvgIpc) is 2.62. The van der Waals surface area contributed by atoms with E-state index in [0.717, 1.165) is 36.8 Å².